The third-order valence-corrected chi connectivity index (χ3v) is 15.5. The third-order valence-electron chi connectivity index (χ3n) is 15.5. The number of aliphatic hydroxyl groups is 1. The SMILES string of the molecule is O=C1OC[C@H]2OC(=O)c3cc(O)c(O)c(O)c3-c3c(O)c(O)c(O)c4c3C(=O)O[C@H]([C@@H]3OC(=O)c5c-4c(O)c(O)c(O)c5[C@H]3c3c(O)cc4c(c3O)C[C@H](O)[C@H](c3ccc(O)c(O)c3)O4)[C@@H]2OC(=O)c2cc(O)c(O)c(O)c2-c2c1cc(O)c(O)c2O. The quantitative estimate of drug-likeness (QED) is 0.0671. The van der Waals surface area contributed by atoms with E-state index >= 15 is 19.2 Å². The maximum Gasteiger partial charge on any atom is 0.340 e. The standard InChI is InChI=1S/C56H38O31/c57-15-2-1-10(3-16(15)58)48-21(63)4-11-22(83-48)8-17(59)27(35(11)64)32-31-34-30(44(73)47(76)45(31)74)29-33-28(42(71)46(75)43(29)72)26-14(7-20(62)38(67)41(26)70)53(78)84-23-9-82-52(77)12-5-18(60)36(65)39(68)24(12)25-13(6-19(61)37(66)40(25)69)54(79)85-49(23)51(87-56(33)81)50(32)86-55(34)80/h1-3,5-8,21,23,32,48-51,57-76H,4,9H2/t21-,23+,32+,48-,49+,50+,51-/m0/s1. The van der Waals surface area contributed by atoms with Crippen LogP contribution in [0, 0.1) is 0 Å². The van der Waals surface area contributed by atoms with Crippen LogP contribution < -0.4 is 4.74 Å². The molecule has 6 aliphatic heterocycles. The largest absolute Gasteiger partial charge is 0.507 e. The molecule has 0 unspecified atom stereocenters. The zero-order chi connectivity index (χ0) is 62.7. The van der Waals surface area contributed by atoms with E-state index in [0.717, 1.165) is 18.2 Å². The number of phenols is 19. The second-order valence-corrected chi connectivity index (χ2v) is 20.2. The minimum atomic E-state index is -3.01. The van der Waals surface area contributed by atoms with E-state index < -0.39 is 278 Å². The van der Waals surface area contributed by atoms with Crippen molar-refractivity contribution in [2.75, 3.05) is 6.61 Å². The van der Waals surface area contributed by atoms with Gasteiger partial charge in [0.25, 0.3) is 0 Å². The lowest BCUT2D eigenvalue weighted by Crippen LogP contribution is -2.56. The van der Waals surface area contributed by atoms with Crippen molar-refractivity contribution in [3.8, 4) is 148 Å². The second kappa shape index (κ2) is 18.9. The molecule has 0 amide bonds. The van der Waals surface area contributed by atoms with Crippen LogP contribution >= 0.6 is 0 Å². The molecule has 0 aliphatic carbocycles. The fraction of sp³-hybridized carbons (Fsp3) is 0.161. The van der Waals surface area contributed by atoms with Gasteiger partial charge in [0.1, 0.15) is 30.0 Å². The number of fused-ring (bicyclic) bond motifs is 8. The monoisotopic (exact) mass is 1210 g/mol. The van der Waals surface area contributed by atoms with E-state index in [4.69, 9.17) is 28.4 Å². The average molecular weight is 1210 g/mol. The Morgan fingerprint density at radius 1 is 0.345 bits per heavy atom. The summed E-state index contributed by atoms with van der Waals surface area (Å²) < 4.78 is 35.3. The predicted molar refractivity (Wildman–Crippen MR) is 276 cm³/mol. The van der Waals surface area contributed by atoms with Gasteiger partial charge in [0, 0.05) is 62.6 Å². The summed E-state index contributed by atoms with van der Waals surface area (Å²) in [6.45, 7) is -1.63. The summed E-state index contributed by atoms with van der Waals surface area (Å²) in [6.07, 6.45) is -15.4. The lowest BCUT2D eigenvalue weighted by atomic mass is 9.73. The van der Waals surface area contributed by atoms with Crippen LogP contribution in [0.3, 0.4) is 0 Å². The van der Waals surface area contributed by atoms with Crippen molar-refractivity contribution in [3.05, 3.63) is 92.5 Å². The number of hydrogen-bond acceptors (Lipinski definition) is 31. The fourth-order valence-corrected chi connectivity index (χ4v) is 11.6. The van der Waals surface area contributed by atoms with Gasteiger partial charge in [-0.1, -0.05) is 6.07 Å². The number of carbonyl (C=O) groups excluding carboxylic acids is 5. The minimum Gasteiger partial charge on any atom is -0.507 e. The molecule has 0 aromatic heterocycles. The number of carbonyl (C=O) groups is 5. The van der Waals surface area contributed by atoms with E-state index in [1.54, 1.807) is 0 Å². The number of phenolic OH excluding ortho intramolecular Hbond substituents is 19. The van der Waals surface area contributed by atoms with Gasteiger partial charge in [-0.15, -0.1) is 0 Å². The van der Waals surface area contributed by atoms with Gasteiger partial charge < -0.3 is 131 Å². The molecule has 87 heavy (non-hydrogen) atoms. The molecular weight excluding hydrogens is 1170 g/mol. The maximum absolute atomic E-state index is 15.8. The second-order valence-electron chi connectivity index (χ2n) is 20.2. The lowest BCUT2D eigenvalue weighted by Gasteiger charge is -2.43. The van der Waals surface area contributed by atoms with Crippen molar-refractivity contribution < 1.29 is 155 Å². The Bertz CT molecular complexity index is 4350. The summed E-state index contributed by atoms with van der Waals surface area (Å²) in [6, 6.07) is 5.01. The maximum atomic E-state index is 15.8. The Balaban J connectivity index is 1.21. The van der Waals surface area contributed by atoms with E-state index in [1.807, 2.05) is 0 Å². The van der Waals surface area contributed by atoms with Crippen LogP contribution in [-0.4, -0.2) is 169 Å². The Kier molecular flexibility index (Phi) is 12.1. The number of hydrogen-bond donors (Lipinski definition) is 20. The summed E-state index contributed by atoms with van der Waals surface area (Å²) >= 11 is 0. The predicted octanol–water partition coefficient (Wildman–Crippen LogP) is 3.28. The number of cyclic esters (lactones) is 1. The summed E-state index contributed by atoms with van der Waals surface area (Å²) in [5, 5.41) is 228. The molecule has 31 nitrogen and oxygen atoms in total. The minimum absolute atomic E-state index is 0.0205. The highest BCUT2D eigenvalue weighted by Crippen LogP contribution is 2.64. The number of ether oxygens (including phenoxy) is 6. The molecule has 7 aromatic rings. The molecular formula is C56H38O31. The number of aromatic hydroxyl groups is 19. The van der Waals surface area contributed by atoms with Crippen LogP contribution in [0.4, 0.5) is 0 Å². The zero-order valence-corrected chi connectivity index (χ0v) is 42.9. The van der Waals surface area contributed by atoms with Crippen LogP contribution in [0.2, 0.25) is 0 Å². The van der Waals surface area contributed by atoms with Gasteiger partial charge >= 0.3 is 29.8 Å². The van der Waals surface area contributed by atoms with Crippen LogP contribution in [-0.2, 0) is 30.1 Å². The first-order valence-electron chi connectivity index (χ1n) is 25.0. The van der Waals surface area contributed by atoms with E-state index in [9.17, 15) is 107 Å². The lowest BCUT2D eigenvalue weighted by molar-refractivity contribution is -0.135. The Labute approximate surface area is 479 Å². The molecule has 13 rings (SSSR count). The van der Waals surface area contributed by atoms with Crippen LogP contribution in [0.25, 0.3) is 33.4 Å². The summed E-state index contributed by atoms with van der Waals surface area (Å²) in [5.41, 5.74) is -17.4. The molecule has 6 bridgehead atoms. The molecule has 6 heterocycles. The van der Waals surface area contributed by atoms with Gasteiger partial charge in [-0.2, -0.15) is 0 Å². The number of esters is 5. The highest BCUT2D eigenvalue weighted by molar-refractivity contribution is 6.17. The van der Waals surface area contributed by atoms with Crippen LogP contribution in [0.1, 0.15) is 86.1 Å². The van der Waals surface area contributed by atoms with Gasteiger partial charge in [0.05, 0.1) is 39.8 Å². The Hall–Kier alpha value is -12.2. The van der Waals surface area contributed by atoms with E-state index in [2.05, 4.69) is 0 Å². The first-order valence-corrected chi connectivity index (χ1v) is 25.0. The molecule has 31 heteroatoms. The Morgan fingerprint density at radius 3 is 1.37 bits per heavy atom. The molecule has 0 radical (unpaired) electrons. The average Bonchev–Trinajstić information content (AvgIpc) is 1.30. The highest BCUT2D eigenvalue weighted by atomic mass is 16.6. The molecule has 0 fully saturated rings. The normalized spacial score (nSPS) is 20.9. The molecule has 20 N–H and O–H groups in total. The van der Waals surface area contributed by atoms with Crippen molar-refractivity contribution >= 4 is 29.8 Å². The molecule has 7 atom stereocenters. The Morgan fingerprint density at radius 2 is 0.805 bits per heavy atom. The van der Waals surface area contributed by atoms with Gasteiger partial charge in [0.2, 0.25) is 28.7 Å². The molecule has 7 aromatic carbocycles. The molecule has 0 spiro atoms. The summed E-state index contributed by atoms with van der Waals surface area (Å²) in [4.78, 5) is 75.8. The summed E-state index contributed by atoms with van der Waals surface area (Å²) in [5.74, 6) is -40.4. The molecule has 0 saturated carbocycles. The first-order chi connectivity index (χ1) is 41.0. The van der Waals surface area contributed by atoms with Crippen molar-refractivity contribution in [1.29, 1.82) is 0 Å². The van der Waals surface area contributed by atoms with Gasteiger partial charge in [0.15, 0.2) is 93.4 Å². The number of aliphatic hydroxyl groups excluding tert-OH is 1. The van der Waals surface area contributed by atoms with Crippen molar-refractivity contribution in [2.45, 2.75) is 49.0 Å². The number of rotatable bonds is 2. The molecule has 0 saturated heterocycles. The summed E-state index contributed by atoms with van der Waals surface area (Å²) in [7, 11) is 0. The van der Waals surface area contributed by atoms with E-state index in [0.29, 0.717) is 12.1 Å². The molecule has 6 aliphatic rings. The van der Waals surface area contributed by atoms with Crippen molar-refractivity contribution in [1.82, 2.24) is 0 Å². The zero-order valence-electron chi connectivity index (χ0n) is 42.9. The smallest absolute Gasteiger partial charge is 0.340 e. The first kappa shape index (κ1) is 55.4. The third kappa shape index (κ3) is 7.75. The van der Waals surface area contributed by atoms with Gasteiger partial charge in [-0.3, -0.25) is 0 Å². The van der Waals surface area contributed by atoms with E-state index in [1.165, 1.54) is 6.07 Å². The van der Waals surface area contributed by atoms with Crippen LogP contribution in [0.5, 0.6) is 115 Å². The van der Waals surface area contributed by atoms with Crippen molar-refractivity contribution in [2.24, 2.45) is 0 Å². The fourth-order valence-electron chi connectivity index (χ4n) is 11.6. The number of benzene rings is 7. The topological polar surface area (TPSA) is 545 Å². The van der Waals surface area contributed by atoms with Crippen LogP contribution in [0.15, 0.2) is 42.5 Å². The molecule has 448 valence electrons. The van der Waals surface area contributed by atoms with Gasteiger partial charge in [-0.05, 0) is 35.9 Å². The van der Waals surface area contributed by atoms with Crippen molar-refractivity contribution in [3.63, 3.8) is 0 Å². The highest BCUT2D eigenvalue weighted by Gasteiger charge is 2.57. The van der Waals surface area contributed by atoms with Gasteiger partial charge in [-0.25, -0.2) is 24.0 Å². The van der Waals surface area contributed by atoms with E-state index in [-0.39, 0.29) is 11.6 Å².